The normalized spacial score (nSPS) is 22.0. The zero-order valence-corrected chi connectivity index (χ0v) is 26.3. The third-order valence-corrected chi connectivity index (χ3v) is 9.87. The summed E-state index contributed by atoms with van der Waals surface area (Å²) in [7, 11) is 2.09. The minimum atomic E-state index is -1.03. The summed E-state index contributed by atoms with van der Waals surface area (Å²) in [5.41, 5.74) is 2.42. The van der Waals surface area contributed by atoms with Crippen LogP contribution in [0.25, 0.3) is 15.6 Å². The van der Waals surface area contributed by atoms with Crippen LogP contribution in [0.5, 0.6) is 6.01 Å². The third-order valence-electron chi connectivity index (χ3n) is 9.50. The maximum atomic E-state index is 14.6. The second-order valence-electron chi connectivity index (χ2n) is 12.3. The molecule has 0 aliphatic carbocycles. The standard InChI is InChI=1S/C33H36ClF2N7O2/c1-21(35)31(44)43-16-15-42(18-23(43)17-37-3)30-24-11-14-41(27-8-5-7-22-9-10-25(36)29(34)28(22)27)19-26(24)38-32(39-30)45-20-33(2)12-6-13-40(33)4/h5,7-10,23H,1,6,11-20H2,2,4H3/t23-,33?/m0/s1. The van der Waals surface area contributed by atoms with Crippen LogP contribution in [0.1, 0.15) is 31.0 Å². The topological polar surface area (TPSA) is 69.4 Å². The number of aromatic nitrogens is 2. The van der Waals surface area contributed by atoms with Crippen molar-refractivity contribution >= 4 is 39.8 Å². The third kappa shape index (κ3) is 5.89. The largest absolute Gasteiger partial charge is 0.461 e. The fraction of sp³-hybridized carbons (Fsp3) is 0.455. The smallest absolute Gasteiger partial charge is 0.318 e. The van der Waals surface area contributed by atoms with Gasteiger partial charge in [-0.25, -0.2) is 15.4 Å². The summed E-state index contributed by atoms with van der Waals surface area (Å²) in [5.74, 6) is -1.59. The number of likely N-dealkylation sites (N-methyl/N-ethyl adjacent to an activating group) is 1. The average molecular weight is 636 g/mol. The summed E-state index contributed by atoms with van der Waals surface area (Å²) < 4.78 is 34.7. The first-order chi connectivity index (χ1) is 21.6. The molecule has 0 spiro atoms. The van der Waals surface area contributed by atoms with Crippen LogP contribution in [-0.2, 0) is 17.8 Å². The minimum Gasteiger partial charge on any atom is -0.461 e. The molecule has 2 fully saturated rings. The van der Waals surface area contributed by atoms with Crippen molar-refractivity contribution in [2.45, 2.75) is 44.3 Å². The van der Waals surface area contributed by atoms with Crippen molar-refractivity contribution in [3.05, 3.63) is 76.3 Å². The molecule has 0 saturated carbocycles. The number of benzene rings is 2. The maximum absolute atomic E-state index is 14.6. The molecular weight excluding hydrogens is 600 g/mol. The first kappa shape index (κ1) is 31.0. The van der Waals surface area contributed by atoms with Crippen LogP contribution in [0.15, 0.2) is 42.7 Å². The monoisotopic (exact) mass is 635 g/mol. The molecule has 12 heteroatoms. The van der Waals surface area contributed by atoms with Crippen molar-refractivity contribution in [1.29, 1.82) is 0 Å². The van der Waals surface area contributed by atoms with E-state index in [4.69, 9.17) is 32.9 Å². The summed E-state index contributed by atoms with van der Waals surface area (Å²) in [5, 5.41) is 1.59. The second-order valence-corrected chi connectivity index (χ2v) is 12.7. The summed E-state index contributed by atoms with van der Waals surface area (Å²) in [6.45, 7) is 16.2. The van der Waals surface area contributed by atoms with Gasteiger partial charge in [0.2, 0.25) is 6.54 Å². The molecule has 6 rings (SSSR count). The van der Waals surface area contributed by atoms with Gasteiger partial charge in [0, 0.05) is 42.8 Å². The van der Waals surface area contributed by atoms with Crippen LogP contribution in [0, 0.1) is 12.4 Å². The Kier molecular flexibility index (Phi) is 8.55. The van der Waals surface area contributed by atoms with Gasteiger partial charge in [-0.2, -0.15) is 9.97 Å². The van der Waals surface area contributed by atoms with Gasteiger partial charge in [0.25, 0.3) is 5.91 Å². The molecule has 3 aliphatic rings. The van der Waals surface area contributed by atoms with Gasteiger partial charge in [0.1, 0.15) is 24.3 Å². The molecule has 1 aromatic heterocycles. The van der Waals surface area contributed by atoms with E-state index in [1.54, 1.807) is 6.07 Å². The number of carbonyl (C=O) groups is 1. The summed E-state index contributed by atoms with van der Waals surface area (Å²) in [6.07, 6.45) is 2.69. The lowest BCUT2D eigenvalue weighted by atomic mass is 10.0. The molecule has 0 radical (unpaired) electrons. The van der Waals surface area contributed by atoms with E-state index in [0.717, 1.165) is 41.7 Å². The number of hydrogen-bond acceptors (Lipinski definition) is 7. The quantitative estimate of drug-likeness (QED) is 0.259. The molecule has 0 N–H and O–H groups in total. The number of anilines is 2. The fourth-order valence-electron chi connectivity index (χ4n) is 6.77. The second kappa shape index (κ2) is 12.4. The first-order valence-electron chi connectivity index (χ1n) is 15.2. The SMILES string of the molecule is [C-]#[N+]C[C@H]1CN(c2nc(OCC3(C)CCCN3C)nc3c2CCN(c2cccc4ccc(F)c(Cl)c24)C3)CCN1C(=O)C(=C)F. The molecule has 0 bridgehead atoms. The highest BCUT2D eigenvalue weighted by Crippen LogP contribution is 2.38. The highest BCUT2D eigenvalue weighted by molar-refractivity contribution is 6.36. The van der Waals surface area contributed by atoms with Gasteiger partial charge in [0.15, 0.2) is 5.83 Å². The van der Waals surface area contributed by atoms with Crippen LogP contribution in [0.2, 0.25) is 5.02 Å². The van der Waals surface area contributed by atoms with Crippen LogP contribution in [-0.4, -0.2) is 90.2 Å². The molecule has 9 nitrogen and oxygen atoms in total. The maximum Gasteiger partial charge on any atom is 0.318 e. The average Bonchev–Trinajstić information content (AvgIpc) is 3.38. The van der Waals surface area contributed by atoms with E-state index in [1.807, 2.05) is 18.2 Å². The first-order valence-corrected chi connectivity index (χ1v) is 15.6. The van der Waals surface area contributed by atoms with Gasteiger partial charge in [-0.15, -0.1) is 0 Å². The summed E-state index contributed by atoms with van der Waals surface area (Å²) >= 11 is 6.49. The van der Waals surface area contributed by atoms with E-state index in [2.05, 4.69) is 40.1 Å². The van der Waals surface area contributed by atoms with Gasteiger partial charge in [-0.1, -0.05) is 36.4 Å². The van der Waals surface area contributed by atoms with E-state index in [-0.39, 0.29) is 29.7 Å². The number of hydrogen-bond donors (Lipinski definition) is 0. The molecule has 2 saturated heterocycles. The predicted octanol–water partition coefficient (Wildman–Crippen LogP) is 5.27. The Bertz CT molecular complexity index is 1700. The Labute approximate surface area is 266 Å². The Morgan fingerprint density at radius 2 is 2.02 bits per heavy atom. The molecule has 3 aromatic rings. The van der Waals surface area contributed by atoms with Crippen LogP contribution < -0.4 is 14.5 Å². The molecule has 45 heavy (non-hydrogen) atoms. The Morgan fingerprint density at radius 1 is 1.20 bits per heavy atom. The summed E-state index contributed by atoms with van der Waals surface area (Å²) in [4.78, 5) is 33.8. The number of ether oxygens (including phenoxy) is 1. The Hall–Kier alpha value is -4.01. The number of nitrogens with zero attached hydrogens (tertiary/aromatic N) is 7. The molecule has 236 valence electrons. The van der Waals surface area contributed by atoms with Crippen molar-refractivity contribution in [1.82, 2.24) is 19.8 Å². The fourth-order valence-corrected chi connectivity index (χ4v) is 7.04. The molecule has 2 atom stereocenters. The molecule has 1 unspecified atom stereocenters. The number of halogens is 3. The highest BCUT2D eigenvalue weighted by atomic mass is 35.5. The zero-order valence-electron chi connectivity index (χ0n) is 25.5. The Morgan fingerprint density at radius 3 is 2.76 bits per heavy atom. The lowest BCUT2D eigenvalue weighted by Crippen LogP contribution is -2.57. The van der Waals surface area contributed by atoms with Crippen molar-refractivity contribution in [3.63, 3.8) is 0 Å². The van der Waals surface area contributed by atoms with Gasteiger partial charge in [-0.05, 0) is 57.3 Å². The highest BCUT2D eigenvalue weighted by Gasteiger charge is 2.38. The molecule has 4 heterocycles. The van der Waals surface area contributed by atoms with Crippen molar-refractivity contribution < 1.29 is 18.3 Å². The molecule has 3 aliphatic heterocycles. The molecule has 2 aromatic carbocycles. The van der Waals surface area contributed by atoms with Gasteiger partial charge in [0.05, 0.1) is 22.8 Å². The van der Waals surface area contributed by atoms with E-state index in [1.165, 1.54) is 11.0 Å². The van der Waals surface area contributed by atoms with E-state index >= 15 is 0 Å². The lowest BCUT2D eigenvalue weighted by Gasteiger charge is -2.41. The number of amides is 1. The number of carbonyl (C=O) groups excluding carboxylic acids is 1. The van der Waals surface area contributed by atoms with E-state index in [0.29, 0.717) is 50.4 Å². The Balaban J connectivity index is 1.36. The number of piperazine rings is 1. The zero-order chi connectivity index (χ0) is 31.9. The number of fused-ring (bicyclic) bond motifs is 2. The van der Waals surface area contributed by atoms with Gasteiger partial charge < -0.3 is 24.3 Å². The van der Waals surface area contributed by atoms with Crippen LogP contribution in [0.4, 0.5) is 20.3 Å². The van der Waals surface area contributed by atoms with E-state index < -0.39 is 23.6 Å². The van der Waals surface area contributed by atoms with E-state index in [9.17, 15) is 13.6 Å². The minimum absolute atomic E-state index is 0.0308. The molecule has 1 amide bonds. The molecular formula is C33H36ClF2N7O2. The predicted molar refractivity (Wildman–Crippen MR) is 171 cm³/mol. The van der Waals surface area contributed by atoms with Crippen LogP contribution >= 0.6 is 11.6 Å². The van der Waals surface area contributed by atoms with Gasteiger partial charge >= 0.3 is 6.01 Å². The number of likely N-dealkylation sites (tertiary alicyclic amines) is 1. The van der Waals surface area contributed by atoms with Crippen molar-refractivity contribution in [3.8, 4) is 6.01 Å². The van der Waals surface area contributed by atoms with Gasteiger partial charge in [-0.3, -0.25) is 9.69 Å². The summed E-state index contributed by atoms with van der Waals surface area (Å²) in [6, 6.07) is 8.63. The number of rotatable bonds is 7. The van der Waals surface area contributed by atoms with Crippen molar-refractivity contribution in [2.24, 2.45) is 0 Å². The van der Waals surface area contributed by atoms with Crippen LogP contribution in [0.3, 0.4) is 0 Å². The lowest BCUT2D eigenvalue weighted by molar-refractivity contribution is -0.131. The van der Waals surface area contributed by atoms with Crippen molar-refractivity contribution in [2.75, 3.05) is 62.7 Å².